The van der Waals surface area contributed by atoms with Crippen molar-refractivity contribution in [2.24, 2.45) is 0 Å². The Balaban J connectivity index is 3.52. The molecule has 0 spiro atoms. The molecule has 3 N–H and O–H groups in total. The molecule has 6 heteroatoms. The fourth-order valence-corrected chi connectivity index (χ4v) is 0.845. The Labute approximate surface area is 95.9 Å². The molecule has 0 aliphatic carbocycles. The Kier molecular flexibility index (Phi) is 6.00. The van der Waals surface area contributed by atoms with Crippen LogP contribution in [-0.4, -0.2) is 36.9 Å². The number of alkyl carbamates (subject to hydrolysis) is 1. The highest BCUT2D eigenvalue weighted by atomic mass is 32.1. The Morgan fingerprint density at radius 2 is 1.80 bits per heavy atom. The minimum atomic E-state index is -0.461. The van der Waals surface area contributed by atoms with Gasteiger partial charge in [-0.25, -0.2) is 4.79 Å². The van der Waals surface area contributed by atoms with E-state index in [9.17, 15) is 4.79 Å². The summed E-state index contributed by atoms with van der Waals surface area (Å²) in [5, 5.41) is 8.83. The van der Waals surface area contributed by atoms with E-state index in [4.69, 9.17) is 17.0 Å². The van der Waals surface area contributed by atoms with Gasteiger partial charge in [-0.1, -0.05) is 0 Å². The van der Waals surface area contributed by atoms with Crippen molar-refractivity contribution < 1.29 is 9.53 Å². The fourth-order valence-electron chi connectivity index (χ4n) is 0.743. The van der Waals surface area contributed by atoms with Crippen LogP contribution in [0.1, 0.15) is 20.8 Å². The van der Waals surface area contributed by atoms with E-state index in [-0.39, 0.29) is 0 Å². The van der Waals surface area contributed by atoms with E-state index in [2.05, 4.69) is 16.0 Å². The molecule has 0 aromatic carbocycles. The monoisotopic (exact) mass is 233 g/mol. The molecule has 0 saturated heterocycles. The van der Waals surface area contributed by atoms with Gasteiger partial charge in [-0.05, 0) is 33.0 Å². The first kappa shape index (κ1) is 14.0. The smallest absolute Gasteiger partial charge is 0.407 e. The molecule has 15 heavy (non-hydrogen) atoms. The molecule has 88 valence electrons. The zero-order valence-corrected chi connectivity index (χ0v) is 10.5. The Bertz CT molecular complexity index is 226. The van der Waals surface area contributed by atoms with Crippen molar-refractivity contribution in [3.63, 3.8) is 0 Å². The lowest BCUT2D eigenvalue weighted by Gasteiger charge is -2.19. The van der Waals surface area contributed by atoms with Crippen LogP contribution >= 0.6 is 12.2 Å². The molecule has 0 heterocycles. The van der Waals surface area contributed by atoms with Crippen molar-refractivity contribution in [1.29, 1.82) is 0 Å². The minimum Gasteiger partial charge on any atom is -0.444 e. The molecule has 1 amide bonds. The summed E-state index contributed by atoms with van der Waals surface area (Å²) in [5.74, 6) is 0. The molecule has 0 aliphatic heterocycles. The second-order valence-corrected chi connectivity index (χ2v) is 4.34. The van der Waals surface area contributed by atoms with Crippen LogP contribution < -0.4 is 16.0 Å². The Hall–Kier alpha value is -1.04. The first-order valence-electron chi connectivity index (χ1n) is 4.77. The quantitative estimate of drug-likeness (QED) is 0.492. The highest BCUT2D eigenvalue weighted by Crippen LogP contribution is 2.05. The van der Waals surface area contributed by atoms with Crippen LogP contribution in [0.25, 0.3) is 0 Å². The van der Waals surface area contributed by atoms with E-state index in [0.717, 1.165) is 0 Å². The first-order valence-corrected chi connectivity index (χ1v) is 5.18. The molecule has 0 saturated carbocycles. The number of thiocarbonyl (C=S) groups is 1. The molecule has 5 nitrogen and oxygen atoms in total. The molecular formula is C9H19N3O2S. The molecule has 0 bridgehead atoms. The predicted octanol–water partition coefficient (Wildman–Crippen LogP) is 0.605. The van der Waals surface area contributed by atoms with Gasteiger partial charge in [0.25, 0.3) is 0 Å². The van der Waals surface area contributed by atoms with Crippen LogP contribution in [0, 0.1) is 0 Å². The standard InChI is InChI=1S/C9H19N3O2S/c1-9(2,3)14-8(13)12-6-5-11-7(15)10-4/h5-6H2,1-4H3,(H,12,13)(H2,10,11,15). The lowest BCUT2D eigenvalue weighted by molar-refractivity contribution is 0.0529. The summed E-state index contributed by atoms with van der Waals surface area (Å²) < 4.78 is 5.04. The molecule has 0 atom stereocenters. The molecule has 0 aromatic rings. The maximum atomic E-state index is 11.2. The topological polar surface area (TPSA) is 62.4 Å². The van der Waals surface area contributed by atoms with Gasteiger partial charge in [0.2, 0.25) is 0 Å². The maximum absolute atomic E-state index is 11.2. The number of hydrogen-bond donors (Lipinski definition) is 3. The summed E-state index contributed by atoms with van der Waals surface area (Å²) in [6.07, 6.45) is -0.417. The van der Waals surface area contributed by atoms with Crippen molar-refractivity contribution in [2.75, 3.05) is 20.1 Å². The normalized spacial score (nSPS) is 10.4. The van der Waals surface area contributed by atoms with E-state index in [1.54, 1.807) is 7.05 Å². The fraction of sp³-hybridized carbons (Fsp3) is 0.778. The molecule has 0 aliphatic rings. The van der Waals surface area contributed by atoms with Crippen LogP contribution in [-0.2, 0) is 4.74 Å². The zero-order valence-electron chi connectivity index (χ0n) is 9.64. The van der Waals surface area contributed by atoms with Crippen LogP contribution in [0.2, 0.25) is 0 Å². The Morgan fingerprint density at radius 3 is 2.27 bits per heavy atom. The van der Waals surface area contributed by atoms with Gasteiger partial charge in [-0.2, -0.15) is 0 Å². The largest absolute Gasteiger partial charge is 0.444 e. The summed E-state index contributed by atoms with van der Waals surface area (Å²) in [4.78, 5) is 11.2. The van der Waals surface area contributed by atoms with Crippen molar-refractivity contribution in [1.82, 2.24) is 16.0 Å². The van der Waals surface area contributed by atoms with E-state index >= 15 is 0 Å². The SMILES string of the molecule is CNC(=S)NCCNC(=O)OC(C)(C)C. The summed E-state index contributed by atoms with van der Waals surface area (Å²) >= 11 is 4.86. The van der Waals surface area contributed by atoms with Crippen molar-refractivity contribution in [2.45, 2.75) is 26.4 Å². The van der Waals surface area contributed by atoms with E-state index in [1.165, 1.54) is 0 Å². The lowest BCUT2D eigenvalue weighted by atomic mass is 10.2. The predicted molar refractivity (Wildman–Crippen MR) is 63.9 cm³/mol. The first-order chi connectivity index (χ1) is 6.85. The van der Waals surface area contributed by atoms with Crippen molar-refractivity contribution in [3.8, 4) is 0 Å². The number of rotatable bonds is 3. The highest BCUT2D eigenvalue weighted by molar-refractivity contribution is 7.80. The third-order valence-corrected chi connectivity index (χ3v) is 1.65. The third-order valence-electron chi connectivity index (χ3n) is 1.31. The summed E-state index contributed by atoms with van der Waals surface area (Å²) in [7, 11) is 1.73. The van der Waals surface area contributed by atoms with Gasteiger partial charge in [0, 0.05) is 20.1 Å². The van der Waals surface area contributed by atoms with Gasteiger partial charge in [0.05, 0.1) is 0 Å². The van der Waals surface area contributed by atoms with Crippen LogP contribution in [0.4, 0.5) is 4.79 Å². The molecular weight excluding hydrogens is 214 g/mol. The maximum Gasteiger partial charge on any atom is 0.407 e. The van der Waals surface area contributed by atoms with E-state index < -0.39 is 11.7 Å². The second kappa shape index (κ2) is 6.44. The summed E-state index contributed by atoms with van der Waals surface area (Å²) in [5.41, 5.74) is -0.461. The molecule has 0 fully saturated rings. The Morgan fingerprint density at radius 1 is 1.27 bits per heavy atom. The average Bonchev–Trinajstić information content (AvgIpc) is 2.09. The van der Waals surface area contributed by atoms with Crippen LogP contribution in [0.3, 0.4) is 0 Å². The average molecular weight is 233 g/mol. The van der Waals surface area contributed by atoms with Gasteiger partial charge in [0.1, 0.15) is 5.60 Å². The number of ether oxygens (including phenoxy) is 1. The van der Waals surface area contributed by atoms with E-state index in [1.807, 2.05) is 20.8 Å². The highest BCUT2D eigenvalue weighted by Gasteiger charge is 2.15. The van der Waals surface area contributed by atoms with Crippen molar-refractivity contribution in [3.05, 3.63) is 0 Å². The van der Waals surface area contributed by atoms with Gasteiger partial charge >= 0.3 is 6.09 Å². The van der Waals surface area contributed by atoms with Crippen LogP contribution in [0.5, 0.6) is 0 Å². The van der Waals surface area contributed by atoms with Gasteiger partial charge < -0.3 is 20.7 Å². The van der Waals surface area contributed by atoms with Gasteiger partial charge in [-0.15, -0.1) is 0 Å². The van der Waals surface area contributed by atoms with Gasteiger partial charge in [0.15, 0.2) is 5.11 Å². The van der Waals surface area contributed by atoms with Crippen molar-refractivity contribution >= 4 is 23.4 Å². The van der Waals surface area contributed by atoms with Crippen LogP contribution in [0.15, 0.2) is 0 Å². The number of amides is 1. The summed E-state index contributed by atoms with van der Waals surface area (Å²) in [6, 6.07) is 0. The number of carbonyl (C=O) groups is 1. The third kappa shape index (κ3) is 9.27. The molecule has 0 unspecified atom stereocenters. The minimum absolute atomic E-state index is 0.417. The number of hydrogen-bond acceptors (Lipinski definition) is 3. The lowest BCUT2D eigenvalue weighted by Crippen LogP contribution is -2.40. The summed E-state index contributed by atoms with van der Waals surface area (Å²) in [6.45, 7) is 6.50. The molecule has 0 radical (unpaired) electrons. The number of nitrogens with one attached hydrogen (secondary N) is 3. The zero-order chi connectivity index (χ0) is 11.9. The molecule has 0 aromatic heterocycles. The second-order valence-electron chi connectivity index (χ2n) is 3.93. The van der Waals surface area contributed by atoms with E-state index in [0.29, 0.717) is 18.2 Å². The number of carbonyl (C=O) groups excluding carboxylic acids is 1. The molecule has 0 rings (SSSR count). The van der Waals surface area contributed by atoms with Gasteiger partial charge in [-0.3, -0.25) is 0 Å².